The first-order valence-corrected chi connectivity index (χ1v) is 16.6. The average molecular weight is 721 g/mol. The molecule has 4 amide bonds. The van der Waals surface area contributed by atoms with Crippen LogP contribution in [0.25, 0.3) is 11.1 Å². The Labute approximate surface area is 309 Å². The van der Waals surface area contributed by atoms with Gasteiger partial charge in [0.05, 0.1) is 17.7 Å². The number of hydrogen-bond acceptors (Lipinski definition) is 8. The van der Waals surface area contributed by atoms with Crippen LogP contribution in [0, 0.1) is 0 Å². The van der Waals surface area contributed by atoms with Crippen molar-refractivity contribution in [3.63, 3.8) is 0 Å². The van der Waals surface area contributed by atoms with Crippen molar-refractivity contribution in [2.24, 2.45) is 0 Å². The fourth-order valence-corrected chi connectivity index (χ4v) is 4.94. The number of rotatable bonds is 12. The Hall–Kier alpha value is -6.56. The molecule has 0 aliphatic rings. The first-order chi connectivity index (χ1) is 25.0. The number of ether oxygens (including phenoxy) is 4. The lowest BCUT2D eigenvalue weighted by Crippen LogP contribution is -2.42. The third kappa shape index (κ3) is 11.7. The maximum atomic E-state index is 12.7. The van der Waals surface area contributed by atoms with Crippen LogP contribution in [0.4, 0.5) is 19.2 Å². The van der Waals surface area contributed by atoms with Crippen LogP contribution in [0.1, 0.15) is 63.8 Å². The predicted octanol–water partition coefficient (Wildman–Crippen LogP) is 8.63. The highest BCUT2D eigenvalue weighted by molar-refractivity contribution is 5.75. The van der Waals surface area contributed by atoms with Gasteiger partial charge < -0.3 is 40.2 Å². The molecule has 0 spiro atoms. The first-order valence-electron chi connectivity index (χ1n) is 16.6. The van der Waals surface area contributed by atoms with Crippen molar-refractivity contribution in [1.29, 1.82) is 0 Å². The third-order valence-electron chi connectivity index (χ3n) is 7.90. The number of benzene rings is 4. The molecular weight excluding hydrogens is 676 g/mol. The van der Waals surface area contributed by atoms with E-state index in [-0.39, 0.29) is 29.7 Å². The molecule has 12 nitrogen and oxygen atoms in total. The number of amides is 4. The van der Waals surface area contributed by atoms with Crippen LogP contribution >= 0.6 is 0 Å². The number of allylic oxidation sites excluding steroid dienone is 2. The standard InChI is InChI=1S/C41H44N4O8/c1-26(2)28-13-9-15-30(21-28)40(5,6)44-38(48)52-34-19-11-17-32(23-34)50-36(46)42-25-43-37(47)51-33-18-12-20-35(24-33)53-39(49)45-41(7,8)31-16-10-14-29(22-31)27(3)4/h9-24H,1,3,25H2,2,4-8H3,(H,42,46)(H,43,47)(H,44,48)(H,45,49). The maximum absolute atomic E-state index is 12.7. The quantitative estimate of drug-likeness (QED) is 0.106. The van der Waals surface area contributed by atoms with Gasteiger partial charge in [-0.3, -0.25) is 0 Å². The summed E-state index contributed by atoms with van der Waals surface area (Å²) in [5.74, 6) is 0.463. The second-order valence-electron chi connectivity index (χ2n) is 13.3. The maximum Gasteiger partial charge on any atom is 0.413 e. The van der Waals surface area contributed by atoms with E-state index in [2.05, 4.69) is 34.4 Å². The second kappa shape index (κ2) is 17.1. The van der Waals surface area contributed by atoms with Crippen molar-refractivity contribution in [3.05, 3.63) is 132 Å². The Morgan fingerprint density at radius 3 is 1.17 bits per heavy atom. The van der Waals surface area contributed by atoms with Gasteiger partial charge in [0.15, 0.2) is 0 Å². The van der Waals surface area contributed by atoms with Crippen molar-refractivity contribution in [2.75, 3.05) is 6.67 Å². The fourth-order valence-electron chi connectivity index (χ4n) is 4.94. The van der Waals surface area contributed by atoms with E-state index < -0.39 is 35.5 Å². The van der Waals surface area contributed by atoms with Crippen molar-refractivity contribution in [3.8, 4) is 23.0 Å². The van der Waals surface area contributed by atoms with Crippen molar-refractivity contribution >= 4 is 35.5 Å². The van der Waals surface area contributed by atoms with Crippen molar-refractivity contribution in [2.45, 2.75) is 52.6 Å². The van der Waals surface area contributed by atoms with E-state index in [1.165, 1.54) is 36.4 Å². The summed E-state index contributed by atoms with van der Waals surface area (Å²) in [4.78, 5) is 50.2. The van der Waals surface area contributed by atoms with Gasteiger partial charge in [-0.25, -0.2) is 19.2 Å². The normalized spacial score (nSPS) is 11.0. The van der Waals surface area contributed by atoms with Gasteiger partial charge >= 0.3 is 24.4 Å². The van der Waals surface area contributed by atoms with Crippen LogP contribution < -0.4 is 40.2 Å². The Bertz CT molecular complexity index is 1880. The minimum atomic E-state index is -0.888. The second-order valence-corrected chi connectivity index (χ2v) is 13.3. The summed E-state index contributed by atoms with van der Waals surface area (Å²) in [6.45, 7) is 18.8. The van der Waals surface area contributed by atoms with Crippen molar-refractivity contribution < 1.29 is 38.1 Å². The molecule has 0 heterocycles. The molecule has 4 aromatic carbocycles. The smallest absolute Gasteiger partial charge is 0.410 e. The molecule has 0 bridgehead atoms. The van der Waals surface area contributed by atoms with E-state index in [4.69, 9.17) is 18.9 Å². The van der Waals surface area contributed by atoms with Crippen LogP contribution in [0.3, 0.4) is 0 Å². The Morgan fingerprint density at radius 2 is 0.830 bits per heavy atom. The summed E-state index contributed by atoms with van der Waals surface area (Å²) < 4.78 is 21.4. The largest absolute Gasteiger partial charge is 0.413 e. The summed E-state index contributed by atoms with van der Waals surface area (Å²) in [6, 6.07) is 27.3. The highest BCUT2D eigenvalue weighted by Crippen LogP contribution is 2.27. The van der Waals surface area contributed by atoms with Gasteiger partial charge in [0.2, 0.25) is 0 Å². The summed E-state index contributed by atoms with van der Waals surface area (Å²) in [7, 11) is 0. The molecule has 0 saturated carbocycles. The predicted molar refractivity (Wildman–Crippen MR) is 203 cm³/mol. The molecular formula is C41H44N4O8. The molecule has 276 valence electrons. The molecule has 0 radical (unpaired) electrons. The Kier molecular flexibility index (Phi) is 12.7. The molecule has 0 atom stereocenters. The fraction of sp³-hybridized carbons (Fsp3) is 0.220. The van der Waals surface area contributed by atoms with E-state index in [9.17, 15) is 19.2 Å². The molecule has 0 fully saturated rings. The van der Waals surface area contributed by atoms with Gasteiger partial charge in [0.25, 0.3) is 0 Å². The third-order valence-corrected chi connectivity index (χ3v) is 7.90. The average Bonchev–Trinajstić information content (AvgIpc) is 3.08. The molecule has 0 aromatic heterocycles. The molecule has 53 heavy (non-hydrogen) atoms. The molecule has 4 aromatic rings. The van der Waals surface area contributed by atoms with Gasteiger partial charge in [0, 0.05) is 12.1 Å². The van der Waals surface area contributed by atoms with E-state index in [0.717, 1.165) is 33.4 Å². The van der Waals surface area contributed by atoms with Gasteiger partial charge in [-0.1, -0.05) is 72.8 Å². The van der Waals surface area contributed by atoms with E-state index in [1.807, 2.05) is 90.1 Å². The zero-order chi connectivity index (χ0) is 38.8. The summed E-state index contributed by atoms with van der Waals surface area (Å²) in [6.07, 6.45) is -3.18. The number of nitrogens with one attached hydrogen (secondary N) is 4. The monoisotopic (exact) mass is 720 g/mol. The van der Waals surface area contributed by atoms with Crippen LogP contribution in [-0.4, -0.2) is 31.0 Å². The molecule has 0 aliphatic heterocycles. The minimum absolute atomic E-state index is 0.0911. The Balaban J connectivity index is 1.21. The molecule has 0 unspecified atom stereocenters. The van der Waals surface area contributed by atoms with E-state index >= 15 is 0 Å². The van der Waals surface area contributed by atoms with E-state index in [1.54, 1.807) is 12.1 Å². The van der Waals surface area contributed by atoms with Crippen LogP contribution in [0.5, 0.6) is 23.0 Å². The molecule has 0 aliphatic carbocycles. The molecule has 4 N–H and O–H groups in total. The lowest BCUT2D eigenvalue weighted by molar-refractivity contribution is 0.187. The summed E-state index contributed by atoms with van der Waals surface area (Å²) in [5.41, 5.74) is 3.94. The van der Waals surface area contributed by atoms with Crippen LogP contribution in [-0.2, 0) is 11.1 Å². The van der Waals surface area contributed by atoms with E-state index in [0.29, 0.717) is 0 Å². The lowest BCUT2D eigenvalue weighted by Gasteiger charge is -2.27. The SMILES string of the molecule is C=C(C)c1cccc(C(C)(C)NC(=O)Oc2cccc(OC(=O)NCNC(=O)Oc3cccc(OC(=O)NC(C)(C)c4cccc(C(=C)C)c4)c3)c2)c1. The van der Waals surface area contributed by atoms with Crippen LogP contribution in [0.2, 0.25) is 0 Å². The van der Waals surface area contributed by atoms with Crippen LogP contribution in [0.15, 0.2) is 110 Å². The zero-order valence-corrected chi connectivity index (χ0v) is 30.6. The highest BCUT2D eigenvalue weighted by atomic mass is 16.6. The van der Waals surface area contributed by atoms with Crippen molar-refractivity contribution in [1.82, 2.24) is 21.3 Å². The Morgan fingerprint density at radius 1 is 0.509 bits per heavy atom. The van der Waals surface area contributed by atoms with Gasteiger partial charge in [-0.15, -0.1) is 0 Å². The van der Waals surface area contributed by atoms with Gasteiger partial charge in [-0.05, 0) is 100 Å². The molecule has 0 saturated heterocycles. The molecule has 12 heteroatoms. The topological polar surface area (TPSA) is 153 Å². The first kappa shape index (κ1) is 39.2. The number of hydrogen-bond donors (Lipinski definition) is 4. The number of carbonyl (C=O) groups excluding carboxylic acids is 4. The summed E-state index contributed by atoms with van der Waals surface area (Å²) in [5, 5.41) is 10.4. The number of carbonyl (C=O) groups is 4. The lowest BCUT2D eigenvalue weighted by atomic mass is 9.92. The summed E-state index contributed by atoms with van der Waals surface area (Å²) >= 11 is 0. The van der Waals surface area contributed by atoms with Gasteiger partial charge in [-0.2, -0.15) is 0 Å². The highest BCUT2D eigenvalue weighted by Gasteiger charge is 2.26. The molecule has 4 rings (SSSR count). The minimum Gasteiger partial charge on any atom is -0.410 e. The zero-order valence-electron chi connectivity index (χ0n) is 30.6. The van der Waals surface area contributed by atoms with Gasteiger partial charge in [0.1, 0.15) is 23.0 Å².